The molecule has 0 amide bonds. The lowest BCUT2D eigenvalue weighted by atomic mass is 9.88. The van der Waals surface area contributed by atoms with E-state index in [2.05, 4.69) is 272 Å². The number of rotatable bonds is 12. The van der Waals surface area contributed by atoms with Crippen LogP contribution in [-0.4, -0.2) is 24.1 Å². The molecule has 0 atom stereocenters. The Morgan fingerprint density at radius 3 is 1.45 bits per heavy atom. The van der Waals surface area contributed by atoms with E-state index >= 15 is 0 Å². The van der Waals surface area contributed by atoms with Gasteiger partial charge in [0.15, 0.2) is 0 Å². The summed E-state index contributed by atoms with van der Waals surface area (Å²) in [6, 6.07) is 71.9. The van der Waals surface area contributed by atoms with Crippen LogP contribution in [0.2, 0.25) is 0 Å². The molecule has 7 nitrogen and oxygen atoms in total. The number of aryl methyl sites for hydroxylation is 2. The zero-order valence-corrected chi connectivity index (χ0v) is 49.4. The maximum Gasteiger partial charge on any atom is 0.149 e. The van der Waals surface area contributed by atoms with Crippen LogP contribution in [0.25, 0.3) is 122 Å². The van der Waals surface area contributed by atoms with Gasteiger partial charge in [-0.05, 0) is 201 Å². The van der Waals surface area contributed by atoms with Gasteiger partial charge in [0.25, 0.3) is 0 Å². The van der Waals surface area contributed by atoms with Crippen LogP contribution >= 0.6 is 0 Å². The first-order chi connectivity index (χ1) is 40.7. The van der Waals surface area contributed by atoms with Crippen LogP contribution < -0.4 is 4.74 Å². The van der Waals surface area contributed by atoms with E-state index < -0.39 is 0 Å². The van der Waals surface area contributed by atoms with Gasteiger partial charge < -0.3 is 9.15 Å². The molecule has 0 unspecified atom stereocenters. The number of pyridine rings is 1. The van der Waals surface area contributed by atoms with Crippen molar-refractivity contribution in [1.82, 2.24) is 24.1 Å². The SMILES string of the molecule is Cc1cc2cc3cc4c(cc3cc2c(C)n1)oc1c(-c2nc3ccccc3n2-c2c(C(C)C)cc(-c3ccccc3)cc2C(C)C)cc(Oc2cccc(-c3nc5ccccc5n3-c3c(C(C)C)cc(-c5ccccc5)cc3C(C)C)c2)cc14. The van der Waals surface area contributed by atoms with Gasteiger partial charge in [-0.25, -0.2) is 9.97 Å². The van der Waals surface area contributed by atoms with E-state index in [1.165, 1.54) is 50.2 Å². The molecule has 4 heterocycles. The van der Waals surface area contributed by atoms with Gasteiger partial charge >= 0.3 is 0 Å². The summed E-state index contributed by atoms with van der Waals surface area (Å²) in [5.74, 6) is 3.80. The number of para-hydroxylation sites is 4. The monoisotopic (exact) mass is 1090 g/mol. The maximum absolute atomic E-state index is 7.29. The van der Waals surface area contributed by atoms with Gasteiger partial charge in [0.2, 0.25) is 0 Å². The van der Waals surface area contributed by atoms with Gasteiger partial charge in [-0.3, -0.25) is 14.1 Å². The van der Waals surface area contributed by atoms with Crippen molar-refractivity contribution >= 4 is 65.6 Å². The van der Waals surface area contributed by atoms with E-state index in [1.807, 2.05) is 6.07 Å². The van der Waals surface area contributed by atoms with Crippen LogP contribution in [0.1, 0.15) is 113 Å². The van der Waals surface area contributed by atoms with Crippen LogP contribution in [0.4, 0.5) is 0 Å². The second-order valence-corrected chi connectivity index (χ2v) is 24.1. The van der Waals surface area contributed by atoms with Crippen molar-refractivity contribution in [3.05, 3.63) is 234 Å². The number of aromatic nitrogens is 5. The van der Waals surface area contributed by atoms with Crippen molar-refractivity contribution in [2.75, 3.05) is 0 Å². The molecule has 7 heteroatoms. The molecular formula is C77H67N5O2. The lowest BCUT2D eigenvalue weighted by molar-refractivity contribution is 0.483. The summed E-state index contributed by atoms with van der Waals surface area (Å²) in [5.41, 5.74) is 21.4. The van der Waals surface area contributed by atoms with Crippen LogP contribution in [0.5, 0.6) is 11.5 Å². The molecule has 412 valence electrons. The molecule has 0 saturated carbocycles. The van der Waals surface area contributed by atoms with Crippen LogP contribution in [0.3, 0.4) is 0 Å². The second kappa shape index (κ2) is 20.7. The van der Waals surface area contributed by atoms with E-state index in [1.54, 1.807) is 0 Å². The highest BCUT2D eigenvalue weighted by Gasteiger charge is 2.28. The molecule has 4 aromatic heterocycles. The third kappa shape index (κ3) is 9.01. The molecule has 0 N–H and O–H groups in total. The molecule has 0 aliphatic heterocycles. The minimum absolute atomic E-state index is 0.185. The Balaban J connectivity index is 0.993. The van der Waals surface area contributed by atoms with Crippen molar-refractivity contribution in [1.29, 1.82) is 0 Å². The molecule has 0 aliphatic carbocycles. The summed E-state index contributed by atoms with van der Waals surface area (Å²) in [5, 5.41) is 6.44. The molecular weight excluding hydrogens is 1030 g/mol. The summed E-state index contributed by atoms with van der Waals surface area (Å²) in [6.07, 6.45) is 0. The molecule has 0 radical (unpaired) electrons. The van der Waals surface area contributed by atoms with Crippen LogP contribution in [0.15, 0.2) is 205 Å². The number of imidazole rings is 2. The number of hydrogen-bond acceptors (Lipinski definition) is 5. The molecule has 84 heavy (non-hydrogen) atoms. The van der Waals surface area contributed by atoms with Gasteiger partial charge in [0, 0.05) is 33.1 Å². The average molecular weight is 1090 g/mol. The molecule has 14 rings (SSSR count). The highest BCUT2D eigenvalue weighted by Crippen LogP contribution is 2.47. The normalized spacial score (nSPS) is 12.1. The number of furan rings is 1. The Labute approximate surface area is 490 Å². The standard InChI is InChI=1S/C77H67N5O2/c1-44(2)60-35-54(50-22-13-11-14-23-50)36-61(45(3)4)73(60)81-70-30-19-17-28-68(70)79-76(81)52-26-21-27-58(34-52)83-59-42-66-65-40-53-33-57-32-48(9)78-49(10)64(57)39-56(53)41-72(65)84-75(66)67(43-59)77-80-69-29-18-20-31-71(69)82(77)74-62(46(5)6)37-55(38-63(74)47(7)8)51-24-15-12-16-25-51/h11-47H,1-10H3. The first kappa shape index (κ1) is 52.5. The predicted octanol–water partition coefficient (Wildman–Crippen LogP) is 21.5. The number of hydrogen-bond donors (Lipinski definition) is 0. The first-order valence-electron chi connectivity index (χ1n) is 29.7. The summed E-state index contributed by atoms with van der Waals surface area (Å²) < 4.78 is 19.3. The molecule has 0 aliphatic rings. The molecule has 0 spiro atoms. The summed E-state index contributed by atoms with van der Waals surface area (Å²) in [7, 11) is 0. The van der Waals surface area contributed by atoms with E-state index in [0.29, 0.717) is 11.5 Å². The highest BCUT2D eigenvalue weighted by atomic mass is 16.5. The Bertz CT molecular complexity index is 4840. The number of benzene rings is 10. The number of fused-ring (bicyclic) bond motifs is 7. The van der Waals surface area contributed by atoms with Crippen molar-refractivity contribution < 1.29 is 9.15 Å². The summed E-state index contributed by atoms with van der Waals surface area (Å²) in [6.45, 7) is 22.5. The van der Waals surface area contributed by atoms with Crippen LogP contribution in [0, 0.1) is 13.8 Å². The summed E-state index contributed by atoms with van der Waals surface area (Å²) in [4.78, 5) is 15.9. The molecule has 0 saturated heterocycles. The number of nitrogens with zero attached hydrogens (tertiary/aromatic N) is 5. The quantitative estimate of drug-likeness (QED) is 0.114. The Kier molecular flexibility index (Phi) is 12.9. The minimum Gasteiger partial charge on any atom is -0.457 e. The van der Waals surface area contributed by atoms with Crippen molar-refractivity contribution in [2.45, 2.75) is 92.9 Å². The Morgan fingerprint density at radius 1 is 0.381 bits per heavy atom. The van der Waals surface area contributed by atoms with Crippen molar-refractivity contribution in [3.8, 4) is 67.9 Å². The zero-order chi connectivity index (χ0) is 57.7. The fourth-order valence-electron chi connectivity index (χ4n) is 12.8. The fourth-order valence-corrected chi connectivity index (χ4v) is 12.8. The Hall–Kier alpha value is -9.59. The topological polar surface area (TPSA) is 70.9 Å². The van der Waals surface area contributed by atoms with Gasteiger partial charge in [-0.1, -0.05) is 152 Å². The first-order valence-corrected chi connectivity index (χ1v) is 29.7. The molecule has 14 aromatic rings. The lowest BCUT2D eigenvalue weighted by Crippen LogP contribution is -2.09. The smallest absolute Gasteiger partial charge is 0.149 e. The predicted molar refractivity (Wildman–Crippen MR) is 350 cm³/mol. The van der Waals surface area contributed by atoms with Gasteiger partial charge in [-0.15, -0.1) is 0 Å². The third-order valence-electron chi connectivity index (χ3n) is 16.9. The van der Waals surface area contributed by atoms with E-state index in [4.69, 9.17) is 24.1 Å². The average Bonchev–Trinajstić information content (AvgIpc) is 3.27. The lowest BCUT2D eigenvalue weighted by Gasteiger charge is -2.24. The van der Waals surface area contributed by atoms with Gasteiger partial charge in [0.1, 0.15) is 34.3 Å². The Morgan fingerprint density at radius 2 is 0.881 bits per heavy atom. The second-order valence-electron chi connectivity index (χ2n) is 24.1. The highest BCUT2D eigenvalue weighted by molar-refractivity contribution is 6.15. The number of ether oxygens (including phenoxy) is 1. The van der Waals surface area contributed by atoms with E-state index in [9.17, 15) is 0 Å². The van der Waals surface area contributed by atoms with Crippen molar-refractivity contribution in [2.24, 2.45) is 0 Å². The molecule has 10 aromatic carbocycles. The van der Waals surface area contributed by atoms with Crippen LogP contribution in [-0.2, 0) is 0 Å². The van der Waals surface area contributed by atoms with Crippen molar-refractivity contribution in [3.63, 3.8) is 0 Å². The summed E-state index contributed by atoms with van der Waals surface area (Å²) >= 11 is 0. The molecule has 0 bridgehead atoms. The van der Waals surface area contributed by atoms with E-state index in [-0.39, 0.29) is 23.7 Å². The molecule has 0 fully saturated rings. The largest absolute Gasteiger partial charge is 0.457 e. The zero-order valence-electron chi connectivity index (χ0n) is 49.4. The minimum atomic E-state index is 0.185. The maximum atomic E-state index is 7.29. The van der Waals surface area contributed by atoms with E-state index in [0.717, 1.165) is 105 Å². The fraction of sp³-hybridized carbons (Fsp3) is 0.182. The van der Waals surface area contributed by atoms with Gasteiger partial charge in [0.05, 0.1) is 39.0 Å². The third-order valence-corrected chi connectivity index (χ3v) is 16.9. The van der Waals surface area contributed by atoms with Gasteiger partial charge in [-0.2, -0.15) is 0 Å².